The van der Waals surface area contributed by atoms with Crippen molar-refractivity contribution in [3.8, 4) is 11.3 Å². The summed E-state index contributed by atoms with van der Waals surface area (Å²) in [6, 6.07) is 11.7. The third kappa shape index (κ3) is 4.93. The number of nitrogens with zero attached hydrogens (tertiary/aromatic N) is 1. The SMILES string of the molecule is Cc1ccccc1CS[C@@H](C)C(=O)Nc1nc(-c2ccc(F)c(F)c2)cs1. The summed E-state index contributed by atoms with van der Waals surface area (Å²) in [5.41, 5.74) is 3.37. The number of hydrogen-bond donors (Lipinski definition) is 1. The van der Waals surface area contributed by atoms with Crippen LogP contribution in [0.15, 0.2) is 47.8 Å². The minimum atomic E-state index is -0.924. The molecule has 3 nitrogen and oxygen atoms in total. The highest BCUT2D eigenvalue weighted by Crippen LogP contribution is 2.27. The molecule has 1 amide bonds. The van der Waals surface area contributed by atoms with Gasteiger partial charge in [0.1, 0.15) is 0 Å². The van der Waals surface area contributed by atoms with Crippen LogP contribution in [0.3, 0.4) is 0 Å². The largest absolute Gasteiger partial charge is 0.301 e. The molecule has 0 saturated heterocycles. The standard InChI is InChI=1S/C20H18F2N2OS2/c1-12-5-3-4-6-15(12)10-26-13(2)19(25)24-20-23-18(11-27-20)14-7-8-16(21)17(22)9-14/h3-9,11,13H,10H2,1-2H3,(H,23,24,25)/t13-/m0/s1. The van der Waals surface area contributed by atoms with Crippen molar-refractivity contribution in [1.29, 1.82) is 0 Å². The maximum Gasteiger partial charge on any atom is 0.238 e. The number of anilines is 1. The third-order valence-corrected chi connectivity index (χ3v) is 6.02. The van der Waals surface area contributed by atoms with Gasteiger partial charge in [-0.1, -0.05) is 24.3 Å². The molecule has 2 aromatic carbocycles. The summed E-state index contributed by atoms with van der Waals surface area (Å²) >= 11 is 2.80. The fourth-order valence-corrected chi connectivity index (χ4v) is 4.08. The number of thiazole rings is 1. The number of rotatable bonds is 6. The van der Waals surface area contributed by atoms with Gasteiger partial charge in [0.25, 0.3) is 0 Å². The van der Waals surface area contributed by atoms with Gasteiger partial charge in [-0.25, -0.2) is 13.8 Å². The van der Waals surface area contributed by atoms with Crippen LogP contribution in [0.4, 0.5) is 13.9 Å². The molecular formula is C20H18F2N2OS2. The molecule has 0 fully saturated rings. The minimum absolute atomic E-state index is 0.139. The summed E-state index contributed by atoms with van der Waals surface area (Å²) in [7, 11) is 0. The first-order valence-electron chi connectivity index (χ1n) is 8.32. The normalized spacial score (nSPS) is 12.0. The van der Waals surface area contributed by atoms with Crippen LogP contribution in [0.1, 0.15) is 18.1 Å². The molecule has 140 valence electrons. The van der Waals surface area contributed by atoms with Crippen molar-refractivity contribution in [3.05, 3.63) is 70.6 Å². The number of hydrogen-bond acceptors (Lipinski definition) is 4. The van der Waals surface area contributed by atoms with E-state index in [-0.39, 0.29) is 11.2 Å². The maximum atomic E-state index is 13.4. The smallest absolute Gasteiger partial charge is 0.238 e. The predicted octanol–water partition coefficient (Wildman–Crippen LogP) is 5.66. The van der Waals surface area contributed by atoms with Crippen LogP contribution in [0, 0.1) is 18.6 Å². The molecular weight excluding hydrogens is 386 g/mol. The fraction of sp³-hybridized carbons (Fsp3) is 0.200. The first-order valence-corrected chi connectivity index (χ1v) is 10.2. The van der Waals surface area contributed by atoms with Crippen LogP contribution < -0.4 is 5.32 Å². The average Bonchev–Trinajstić information content (AvgIpc) is 3.11. The van der Waals surface area contributed by atoms with Crippen LogP contribution in [0.5, 0.6) is 0 Å². The first kappa shape index (κ1) is 19.5. The van der Waals surface area contributed by atoms with E-state index in [1.807, 2.05) is 19.1 Å². The highest BCUT2D eigenvalue weighted by atomic mass is 32.2. The summed E-state index contributed by atoms with van der Waals surface area (Å²) in [4.78, 5) is 16.7. The van der Waals surface area contributed by atoms with Crippen molar-refractivity contribution in [2.75, 3.05) is 5.32 Å². The topological polar surface area (TPSA) is 42.0 Å². The molecule has 0 aliphatic heterocycles. The molecule has 27 heavy (non-hydrogen) atoms. The van der Waals surface area contributed by atoms with Gasteiger partial charge in [-0.3, -0.25) is 4.79 Å². The molecule has 0 radical (unpaired) electrons. The molecule has 0 aliphatic carbocycles. The lowest BCUT2D eigenvalue weighted by Crippen LogP contribution is -2.22. The number of carbonyl (C=O) groups is 1. The zero-order valence-electron chi connectivity index (χ0n) is 14.8. The molecule has 0 bridgehead atoms. The first-order chi connectivity index (χ1) is 12.9. The molecule has 3 aromatic rings. The Morgan fingerprint density at radius 2 is 2.00 bits per heavy atom. The van der Waals surface area contributed by atoms with E-state index < -0.39 is 11.6 Å². The van der Waals surface area contributed by atoms with Crippen LogP contribution in [0.2, 0.25) is 0 Å². The van der Waals surface area contributed by atoms with Gasteiger partial charge in [-0.15, -0.1) is 23.1 Å². The van der Waals surface area contributed by atoms with E-state index in [1.54, 1.807) is 17.1 Å². The minimum Gasteiger partial charge on any atom is -0.301 e. The zero-order valence-corrected chi connectivity index (χ0v) is 16.5. The van der Waals surface area contributed by atoms with Gasteiger partial charge in [-0.05, 0) is 43.2 Å². The Morgan fingerprint density at radius 1 is 1.22 bits per heavy atom. The Morgan fingerprint density at radius 3 is 2.74 bits per heavy atom. The predicted molar refractivity (Wildman–Crippen MR) is 108 cm³/mol. The van der Waals surface area contributed by atoms with Crippen molar-refractivity contribution in [3.63, 3.8) is 0 Å². The number of amides is 1. The van der Waals surface area contributed by atoms with Crippen LogP contribution in [-0.4, -0.2) is 16.1 Å². The highest BCUT2D eigenvalue weighted by molar-refractivity contribution is 7.99. The lowest BCUT2D eigenvalue weighted by Gasteiger charge is -2.11. The molecule has 1 aromatic heterocycles. The molecule has 7 heteroatoms. The van der Waals surface area contributed by atoms with Crippen LogP contribution in [-0.2, 0) is 10.5 Å². The average molecular weight is 405 g/mol. The van der Waals surface area contributed by atoms with Gasteiger partial charge in [-0.2, -0.15) is 0 Å². The van der Waals surface area contributed by atoms with Crippen molar-refractivity contribution < 1.29 is 13.6 Å². The van der Waals surface area contributed by atoms with E-state index in [4.69, 9.17) is 0 Å². The van der Waals surface area contributed by atoms with Gasteiger partial charge >= 0.3 is 0 Å². The molecule has 1 heterocycles. The van der Waals surface area contributed by atoms with Gasteiger partial charge in [0.05, 0.1) is 10.9 Å². The molecule has 3 rings (SSSR count). The maximum absolute atomic E-state index is 13.4. The lowest BCUT2D eigenvalue weighted by molar-refractivity contribution is -0.115. The molecule has 1 atom stereocenters. The van der Waals surface area contributed by atoms with Crippen molar-refractivity contribution in [2.24, 2.45) is 0 Å². The van der Waals surface area contributed by atoms with Crippen LogP contribution in [0.25, 0.3) is 11.3 Å². The number of carbonyl (C=O) groups excluding carboxylic acids is 1. The van der Waals surface area contributed by atoms with Crippen molar-refractivity contribution in [1.82, 2.24) is 4.98 Å². The van der Waals surface area contributed by atoms with E-state index in [0.29, 0.717) is 16.4 Å². The number of benzene rings is 2. The number of nitrogens with one attached hydrogen (secondary N) is 1. The third-order valence-electron chi connectivity index (χ3n) is 4.07. The summed E-state index contributed by atoms with van der Waals surface area (Å²) in [6.07, 6.45) is 0. The van der Waals surface area contributed by atoms with E-state index in [1.165, 1.54) is 28.5 Å². The van der Waals surface area contributed by atoms with Crippen molar-refractivity contribution in [2.45, 2.75) is 24.9 Å². The monoisotopic (exact) mass is 404 g/mol. The molecule has 1 N–H and O–H groups in total. The second-order valence-electron chi connectivity index (χ2n) is 6.04. The van der Waals surface area contributed by atoms with E-state index in [9.17, 15) is 13.6 Å². The number of aryl methyl sites for hydroxylation is 1. The molecule has 0 spiro atoms. The van der Waals surface area contributed by atoms with E-state index in [2.05, 4.69) is 29.4 Å². The lowest BCUT2D eigenvalue weighted by atomic mass is 10.1. The summed E-state index contributed by atoms with van der Waals surface area (Å²) in [5.74, 6) is -1.21. The van der Waals surface area contributed by atoms with Gasteiger partial charge in [0, 0.05) is 16.7 Å². The number of thioether (sulfide) groups is 1. The summed E-state index contributed by atoms with van der Waals surface area (Å²) < 4.78 is 26.4. The van der Waals surface area contributed by atoms with Gasteiger partial charge in [0.15, 0.2) is 16.8 Å². The Kier molecular flexibility index (Phi) is 6.23. The summed E-state index contributed by atoms with van der Waals surface area (Å²) in [6.45, 7) is 3.90. The number of halogens is 2. The zero-order chi connectivity index (χ0) is 19.4. The van der Waals surface area contributed by atoms with Crippen molar-refractivity contribution >= 4 is 34.1 Å². The van der Waals surface area contributed by atoms with E-state index in [0.717, 1.165) is 17.9 Å². The summed E-state index contributed by atoms with van der Waals surface area (Å²) in [5, 5.41) is 4.67. The molecule has 0 aliphatic rings. The van der Waals surface area contributed by atoms with E-state index >= 15 is 0 Å². The molecule has 0 saturated carbocycles. The second-order valence-corrected chi connectivity index (χ2v) is 8.22. The Bertz CT molecular complexity index is 959. The number of aromatic nitrogens is 1. The Labute approximate surface area is 164 Å². The van der Waals surface area contributed by atoms with Gasteiger partial charge in [0.2, 0.25) is 5.91 Å². The van der Waals surface area contributed by atoms with Crippen LogP contribution >= 0.6 is 23.1 Å². The van der Waals surface area contributed by atoms with Gasteiger partial charge < -0.3 is 5.32 Å². The Hall–Kier alpha value is -2.25. The Balaban J connectivity index is 1.60. The highest BCUT2D eigenvalue weighted by Gasteiger charge is 2.16. The quantitative estimate of drug-likeness (QED) is 0.577. The molecule has 0 unspecified atom stereocenters. The second kappa shape index (κ2) is 8.63. The fourth-order valence-electron chi connectivity index (χ4n) is 2.39.